The third-order valence-electron chi connectivity index (χ3n) is 15.1. The van der Waals surface area contributed by atoms with Crippen LogP contribution in [-0.2, 0) is 43.2 Å². The molecule has 81 heavy (non-hydrogen) atoms. The van der Waals surface area contributed by atoms with Gasteiger partial charge in [-0.15, -0.1) is 0 Å². The number of hydrogen-bond acceptors (Lipinski definition) is 19. The molecule has 28 nitrogen and oxygen atoms in total. The molecule has 3 aliphatic rings. The second kappa shape index (κ2) is 31.9. The summed E-state index contributed by atoms with van der Waals surface area (Å²) in [6.45, 7) is 6.56. The highest BCUT2D eigenvalue weighted by Crippen LogP contribution is 2.31. The number of fused-ring (bicyclic) bond motifs is 2. The molecular weight excluding hydrogens is 1060 g/mol. The van der Waals surface area contributed by atoms with E-state index in [1.807, 2.05) is 5.32 Å². The number of carbonyl (C=O) groups is 9. The summed E-state index contributed by atoms with van der Waals surface area (Å²) < 4.78 is 0. The zero-order chi connectivity index (χ0) is 60.4. The minimum absolute atomic E-state index is 0.0877. The van der Waals surface area contributed by atoms with Crippen LogP contribution in [0.2, 0.25) is 0 Å². The molecule has 9 amide bonds. The monoisotopic (exact) mass is 1150 g/mol. The van der Waals surface area contributed by atoms with Crippen LogP contribution < -0.4 is 43.4 Å². The van der Waals surface area contributed by atoms with Crippen LogP contribution in [0.25, 0.3) is 0 Å². The highest BCUT2D eigenvalue weighted by molar-refractivity contribution is 5.98. The number of amides is 9. The van der Waals surface area contributed by atoms with E-state index in [1.54, 1.807) is 0 Å². The van der Waals surface area contributed by atoms with Gasteiger partial charge in [-0.25, -0.2) is 0 Å². The van der Waals surface area contributed by atoms with Crippen molar-refractivity contribution in [2.75, 3.05) is 25.0 Å². The van der Waals surface area contributed by atoms with E-state index in [9.17, 15) is 89.1 Å². The number of benzene rings is 1. The molecule has 1 aromatic carbocycles. The van der Waals surface area contributed by atoms with Crippen molar-refractivity contribution in [2.24, 2.45) is 23.3 Å². The van der Waals surface area contributed by atoms with E-state index in [1.165, 1.54) is 6.42 Å². The van der Waals surface area contributed by atoms with E-state index in [0.717, 1.165) is 68.5 Å². The third-order valence-corrected chi connectivity index (χ3v) is 15.1. The Bertz CT molecular complexity index is 2330. The number of anilines is 1. The van der Waals surface area contributed by atoms with E-state index in [2.05, 4.69) is 47.4 Å². The minimum Gasteiger partial charge on any atom is -0.506 e. The van der Waals surface area contributed by atoms with Crippen LogP contribution in [0.1, 0.15) is 136 Å². The maximum Gasteiger partial charge on any atom is 0.248 e. The second-order valence-electron chi connectivity index (χ2n) is 21.9. The summed E-state index contributed by atoms with van der Waals surface area (Å²) in [5.74, 6) is -9.86. The third kappa shape index (κ3) is 19.5. The Hall–Kier alpha value is -6.11. The number of nitrogens with zero attached hydrogens (tertiary/aromatic N) is 2. The number of primary amides is 1. The zero-order valence-electron chi connectivity index (χ0n) is 46.4. The predicted octanol–water partition coefficient (Wildman–Crippen LogP) is -4.05. The van der Waals surface area contributed by atoms with Crippen molar-refractivity contribution in [3.63, 3.8) is 0 Å². The molecule has 2 unspecified atom stereocenters. The first kappa shape index (κ1) is 67.4. The number of nitrogens with two attached hydrogens (primary N) is 2. The lowest BCUT2D eigenvalue weighted by molar-refractivity contribution is -0.149. The van der Waals surface area contributed by atoms with Gasteiger partial charge in [-0.2, -0.15) is 0 Å². The quantitative estimate of drug-likeness (QED) is 0.0366. The van der Waals surface area contributed by atoms with Crippen LogP contribution in [-0.4, -0.2) is 208 Å². The summed E-state index contributed by atoms with van der Waals surface area (Å²) >= 11 is 0. The van der Waals surface area contributed by atoms with Gasteiger partial charge in [0.15, 0.2) is 6.23 Å². The Morgan fingerprint density at radius 1 is 0.728 bits per heavy atom. The van der Waals surface area contributed by atoms with Crippen molar-refractivity contribution in [3.8, 4) is 5.75 Å². The van der Waals surface area contributed by atoms with Crippen LogP contribution in [0.15, 0.2) is 18.2 Å². The maximum absolute atomic E-state index is 14.6. The number of hydrogen-bond donors (Lipinski definition) is 17. The molecule has 0 radical (unpaired) electrons. The highest BCUT2D eigenvalue weighted by atomic mass is 16.3. The number of unbranched alkanes of at least 4 members (excludes halogenated alkanes) is 5. The van der Waals surface area contributed by atoms with Crippen LogP contribution in [0.5, 0.6) is 5.75 Å². The predicted molar refractivity (Wildman–Crippen MR) is 288 cm³/mol. The van der Waals surface area contributed by atoms with E-state index in [0.29, 0.717) is 29.6 Å². The Labute approximate surface area is 470 Å². The Morgan fingerprint density at radius 2 is 1.36 bits per heavy atom. The number of carbonyl (C=O) groups excluding carboxylic acids is 9. The Kier molecular flexibility index (Phi) is 26.6. The normalized spacial score (nSPS) is 27.7. The number of rotatable bonds is 23. The standard InChI is InChI=1S/C53H86N10O18/c1-5-26(2)20-27(3)12-10-8-6-7-9-11-13-39(71)57-32-23-37(69)49(77)61-51(79)44-35(67)17-19-62(44)53(81)42(36(68)24-38(55)70)59-50(78)43(46(74)45(73)29-14-15-34(66)31(21-29)56-40(72)16-18-54)60-48(76)33-22-30(65)25-63(33)52(80)41(28(4)64)58-47(32)75/h14-15,21,26-28,30,32-33,35-37,41-46,49,64-69,73-74,77H,5-13,16-20,22-25,54H2,1-4H3,(H2,55,70)(H,56,72)(H,57,71)(H,58,75)(H,59,78)(H,60,76)(H,61,79)/t26?,27?,28-,30+,32-,33-,35-,36+,37+,41-,42-,43-,44-,45-,46-,49+/m0/s1. The van der Waals surface area contributed by atoms with Crippen molar-refractivity contribution in [2.45, 2.75) is 209 Å². The molecule has 28 heteroatoms. The summed E-state index contributed by atoms with van der Waals surface area (Å²) in [7, 11) is 0. The molecule has 16 atom stereocenters. The van der Waals surface area contributed by atoms with Gasteiger partial charge in [-0.3, -0.25) is 43.2 Å². The highest BCUT2D eigenvalue weighted by Gasteiger charge is 2.49. The topological polar surface area (TPSA) is 466 Å². The van der Waals surface area contributed by atoms with E-state index < -0.39 is 176 Å². The molecule has 3 saturated heterocycles. The SMILES string of the molecule is CCC(C)CC(C)CCCCCCCCC(=O)N[C@H]1C[C@@H](O)[C@@H](O)NC(=O)[C@@H]2[C@@H](O)CCN2C(=O)[C@H]([C@H](O)CC(N)=O)NC(=O)[C@H]([C@H](O)[C@@H](O)c2ccc(O)c(NC(=O)CCN)c2)NC(=O)[C@@H]2C[C@@H](O)CN2C(=O)[C@H]([C@H](C)O)NC1=O. The van der Waals surface area contributed by atoms with Crippen LogP contribution in [0, 0.1) is 11.8 Å². The number of phenolic OH excluding ortho intramolecular Hbond substituents is 1. The van der Waals surface area contributed by atoms with Crippen LogP contribution in [0.4, 0.5) is 5.69 Å². The van der Waals surface area contributed by atoms with Gasteiger partial charge in [0.2, 0.25) is 53.2 Å². The Morgan fingerprint density at radius 3 is 2.00 bits per heavy atom. The number of aliphatic hydroxyl groups is 8. The van der Waals surface area contributed by atoms with Gasteiger partial charge in [0.1, 0.15) is 60.3 Å². The molecule has 0 spiro atoms. The summed E-state index contributed by atoms with van der Waals surface area (Å²) in [6, 6.07) is -9.25. The molecule has 4 rings (SSSR count). The summed E-state index contributed by atoms with van der Waals surface area (Å²) in [5.41, 5.74) is 10.2. The molecule has 0 aliphatic carbocycles. The lowest BCUT2D eigenvalue weighted by Gasteiger charge is -2.34. The van der Waals surface area contributed by atoms with Gasteiger partial charge in [0.05, 0.1) is 36.5 Å². The molecule has 19 N–H and O–H groups in total. The lowest BCUT2D eigenvalue weighted by atomic mass is 9.91. The van der Waals surface area contributed by atoms with Gasteiger partial charge in [-0.1, -0.05) is 71.8 Å². The number of nitrogens with one attached hydrogen (secondary N) is 6. The second-order valence-corrected chi connectivity index (χ2v) is 21.9. The maximum atomic E-state index is 14.6. The van der Waals surface area contributed by atoms with Crippen molar-refractivity contribution in [1.29, 1.82) is 0 Å². The largest absolute Gasteiger partial charge is 0.506 e. The van der Waals surface area contributed by atoms with Crippen molar-refractivity contribution >= 4 is 58.9 Å². The van der Waals surface area contributed by atoms with Gasteiger partial charge in [-0.05, 0) is 55.7 Å². The van der Waals surface area contributed by atoms with Crippen molar-refractivity contribution < 1.29 is 89.1 Å². The van der Waals surface area contributed by atoms with Gasteiger partial charge in [0.25, 0.3) is 0 Å². The summed E-state index contributed by atoms with van der Waals surface area (Å²) in [6.07, 6.45) is -11.2. The number of aromatic hydroxyl groups is 1. The fourth-order valence-electron chi connectivity index (χ4n) is 10.3. The fraction of sp³-hybridized carbons (Fsp3) is 0.717. The Balaban J connectivity index is 1.73. The molecule has 456 valence electrons. The lowest BCUT2D eigenvalue weighted by Crippen LogP contribution is -2.64. The number of phenols is 1. The summed E-state index contributed by atoms with van der Waals surface area (Å²) in [4.78, 5) is 126. The fourth-order valence-corrected chi connectivity index (χ4v) is 10.3. The molecule has 0 aromatic heterocycles. The first-order chi connectivity index (χ1) is 38.2. The molecule has 3 heterocycles. The van der Waals surface area contributed by atoms with E-state index >= 15 is 0 Å². The molecule has 3 aliphatic heterocycles. The first-order valence-corrected chi connectivity index (χ1v) is 27.9. The van der Waals surface area contributed by atoms with E-state index in [-0.39, 0.29) is 37.1 Å². The average molecular weight is 1150 g/mol. The van der Waals surface area contributed by atoms with Crippen molar-refractivity contribution in [1.82, 2.24) is 36.4 Å². The average Bonchev–Trinajstić information content (AvgIpc) is 4.00. The molecule has 3 fully saturated rings. The molecule has 0 saturated carbocycles. The molecule has 0 bridgehead atoms. The van der Waals surface area contributed by atoms with Gasteiger partial charge < -0.3 is 99.1 Å². The minimum atomic E-state index is -2.51. The van der Waals surface area contributed by atoms with Crippen LogP contribution in [0.3, 0.4) is 0 Å². The van der Waals surface area contributed by atoms with Crippen molar-refractivity contribution in [3.05, 3.63) is 23.8 Å². The molecular formula is C53H86N10O18. The zero-order valence-corrected chi connectivity index (χ0v) is 46.4. The molecule has 1 aromatic rings. The smallest absolute Gasteiger partial charge is 0.248 e. The summed E-state index contributed by atoms with van der Waals surface area (Å²) in [5, 5.41) is 114. The van der Waals surface area contributed by atoms with Gasteiger partial charge in [0, 0.05) is 45.3 Å². The first-order valence-electron chi connectivity index (χ1n) is 27.9. The van der Waals surface area contributed by atoms with Gasteiger partial charge >= 0.3 is 0 Å². The number of aliphatic hydroxyl groups excluding tert-OH is 8. The van der Waals surface area contributed by atoms with E-state index in [4.69, 9.17) is 11.5 Å². The van der Waals surface area contributed by atoms with Crippen LogP contribution >= 0.6 is 0 Å².